The molecule has 0 saturated carbocycles. The Labute approximate surface area is 205 Å². The summed E-state index contributed by atoms with van der Waals surface area (Å²) in [5.41, 5.74) is -1.30. The topological polar surface area (TPSA) is 49.4 Å². The van der Waals surface area contributed by atoms with Crippen molar-refractivity contribution in [3.05, 3.63) is 89.0 Å². The highest BCUT2D eigenvalue weighted by molar-refractivity contribution is 5.98. The average molecular weight is 504 g/mol. The van der Waals surface area contributed by atoms with Gasteiger partial charge in [-0.2, -0.15) is 13.2 Å². The van der Waals surface area contributed by atoms with Crippen LogP contribution in [0.5, 0.6) is 0 Å². The van der Waals surface area contributed by atoms with Crippen LogP contribution in [0.2, 0.25) is 0 Å². The molecule has 4 nitrogen and oxygen atoms in total. The maximum Gasteiger partial charge on any atom is 0.416 e. The van der Waals surface area contributed by atoms with Gasteiger partial charge in [-0.25, -0.2) is 8.78 Å². The molecule has 2 aromatic rings. The predicted octanol–water partition coefficient (Wildman–Crippen LogP) is 6.28. The van der Waals surface area contributed by atoms with Gasteiger partial charge < -0.3 is 10.2 Å². The smallest absolute Gasteiger partial charge is 0.334 e. The molecule has 1 saturated heterocycles. The Bertz CT molecular complexity index is 1200. The third-order valence-corrected chi connectivity index (χ3v) is 6.72. The largest absolute Gasteiger partial charge is 0.416 e. The first-order valence-corrected chi connectivity index (χ1v) is 11.6. The minimum absolute atomic E-state index is 0.0807. The molecule has 0 bridgehead atoms. The van der Waals surface area contributed by atoms with Crippen molar-refractivity contribution in [1.82, 2.24) is 4.90 Å². The number of carbonyl (C=O) groups is 2. The lowest BCUT2D eigenvalue weighted by Gasteiger charge is -2.44. The van der Waals surface area contributed by atoms with Gasteiger partial charge in [-0.05, 0) is 56.0 Å². The molecule has 36 heavy (non-hydrogen) atoms. The second-order valence-corrected chi connectivity index (χ2v) is 9.06. The first kappa shape index (κ1) is 25.6. The Hall–Kier alpha value is -3.49. The van der Waals surface area contributed by atoms with Gasteiger partial charge in [0, 0.05) is 12.5 Å². The van der Waals surface area contributed by atoms with Crippen LogP contribution in [0.3, 0.4) is 0 Å². The lowest BCUT2D eigenvalue weighted by molar-refractivity contribution is -0.137. The quantitative estimate of drug-likeness (QED) is 0.498. The molecule has 9 heteroatoms. The molecule has 3 atom stereocenters. The molecular weight excluding hydrogens is 479 g/mol. The van der Waals surface area contributed by atoms with Crippen LogP contribution in [0.25, 0.3) is 0 Å². The van der Waals surface area contributed by atoms with Gasteiger partial charge in [0.25, 0.3) is 5.91 Å². The molecule has 2 aliphatic rings. The molecule has 2 amide bonds. The van der Waals surface area contributed by atoms with Gasteiger partial charge in [0.05, 0.1) is 28.8 Å². The molecule has 0 spiro atoms. The van der Waals surface area contributed by atoms with Gasteiger partial charge in [-0.15, -0.1) is 0 Å². The highest BCUT2D eigenvalue weighted by Gasteiger charge is 2.43. The first-order chi connectivity index (χ1) is 17.1. The molecule has 1 aliphatic heterocycles. The summed E-state index contributed by atoms with van der Waals surface area (Å²) in [4.78, 5) is 28.4. The van der Waals surface area contributed by atoms with Crippen molar-refractivity contribution in [1.29, 1.82) is 0 Å². The highest BCUT2D eigenvalue weighted by atomic mass is 19.4. The Morgan fingerprint density at radius 2 is 1.83 bits per heavy atom. The number of benzene rings is 2. The van der Waals surface area contributed by atoms with Gasteiger partial charge in [-0.3, -0.25) is 9.59 Å². The van der Waals surface area contributed by atoms with E-state index in [1.165, 1.54) is 17.0 Å². The van der Waals surface area contributed by atoms with Crippen LogP contribution in [-0.4, -0.2) is 29.3 Å². The van der Waals surface area contributed by atoms with Gasteiger partial charge in [0.15, 0.2) is 0 Å². The summed E-state index contributed by atoms with van der Waals surface area (Å²) >= 11 is 0. The van der Waals surface area contributed by atoms with Crippen LogP contribution in [-0.2, 0) is 11.0 Å². The molecular formula is C27H25F5N2O2. The molecule has 0 aromatic heterocycles. The second-order valence-electron chi connectivity index (χ2n) is 9.06. The number of hydrogen-bond donors (Lipinski definition) is 1. The molecule has 0 radical (unpaired) electrons. The SMILES string of the molecule is Cc1cccc(F)c1C(=O)N1CCC[C@H](C(=O)Nc2cc(C(F)(F)F)ccc2F)[C@@H]1C1C=CC=CC1. The van der Waals surface area contributed by atoms with Crippen LogP contribution in [0.4, 0.5) is 27.6 Å². The van der Waals surface area contributed by atoms with E-state index in [0.29, 0.717) is 43.0 Å². The third-order valence-electron chi connectivity index (χ3n) is 6.72. The normalized spacial score (nSPS) is 21.9. The number of anilines is 1. The number of hydrogen-bond acceptors (Lipinski definition) is 2. The van der Waals surface area contributed by atoms with E-state index in [0.717, 1.165) is 0 Å². The summed E-state index contributed by atoms with van der Waals surface area (Å²) in [6.07, 6.45) is 3.94. The molecule has 190 valence electrons. The van der Waals surface area contributed by atoms with Crippen molar-refractivity contribution >= 4 is 17.5 Å². The van der Waals surface area contributed by atoms with Crippen molar-refractivity contribution in [2.24, 2.45) is 11.8 Å². The minimum atomic E-state index is -4.71. The fraction of sp³-hybridized carbons (Fsp3) is 0.333. The van der Waals surface area contributed by atoms with Gasteiger partial charge in [-0.1, -0.05) is 36.4 Å². The molecule has 1 fully saturated rings. The van der Waals surface area contributed by atoms with E-state index < -0.39 is 52.8 Å². The van der Waals surface area contributed by atoms with E-state index in [1.54, 1.807) is 19.1 Å². The van der Waals surface area contributed by atoms with Crippen molar-refractivity contribution in [2.75, 3.05) is 11.9 Å². The van der Waals surface area contributed by atoms with E-state index in [1.807, 2.05) is 18.2 Å². The minimum Gasteiger partial charge on any atom is -0.334 e. The van der Waals surface area contributed by atoms with Crippen molar-refractivity contribution in [2.45, 2.75) is 38.4 Å². The summed E-state index contributed by atoms with van der Waals surface area (Å²) in [7, 11) is 0. The summed E-state index contributed by atoms with van der Waals surface area (Å²) in [6, 6.07) is 5.44. The average Bonchev–Trinajstić information content (AvgIpc) is 2.84. The first-order valence-electron chi connectivity index (χ1n) is 11.6. The summed E-state index contributed by atoms with van der Waals surface area (Å²) < 4.78 is 68.4. The number of amides is 2. The number of piperidine rings is 1. The highest BCUT2D eigenvalue weighted by Crippen LogP contribution is 2.36. The van der Waals surface area contributed by atoms with Crippen LogP contribution in [0, 0.1) is 30.4 Å². The summed E-state index contributed by atoms with van der Waals surface area (Å²) in [5.74, 6) is -4.04. The number of rotatable bonds is 4. The molecule has 1 N–H and O–H groups in total. The molecule has 1 unspecified atom stereocenters. The van der Waals surface area contributed by atoms with E-state index in [-0.39, 0.29) is 18.0 Å². The molecule has 1 aliphatic carbocycles. The van der Waals surface area contributed by atoms with Gasteiger partial charge in [0.2, 0.25) is 5.91 Å². The van der Waals surface area contributed by atoms with E-state index in [4.69, 9.17) is 0 Å². The number of alkyl halides is 3. The number of carbonyl (C=O) groups excluding carboxylic acids is 2. The zero-order valence-corrected chi connectivity index (χ0v) is 19.5. The van der Waals surface area contributed by atoms with Crippen LogP contribution in [0.15, 0.2) is 60.7 Å². The fourth-order valence-corrected chi connectivity index (χ4v) is 4.99. The van der Waals surface area contributed by atoms with Crippen LogP contribution < -0.4 is 5.32 Å². The maximum atomic E-state index is 14.7. The van der Waals surface area contributed by atoms with Gasteiger partial charge in [0.1, 0.15) is 11.6 Å². The standard InChI is InChI=1S/C27H25F5N2O2/c1-16-7-5-11-21(29)23(16)26(36)34-14-6-10-19(24(34)17-8-3-2-4-9-17)25(35)33-22-15-18(27(30,31)32)12-13-20(22)28/h2-5,7-8,11-13,15,17,19,24H,6,9-10,14H2,1H3,(H,33,35)/t17?,19-,24-/m0/s1. The Balaban J connectivity index is 1.68. The predicted molar refractivity (Wildman–Crippen MR) is 125 cm³/mol. The fourth-order valence-electron chi connectivity index (χ4n) is 4.99. The Morgan fingerprint density at radius 1 is 1.06 bits per heavy atom. The Kier molecular flexibility index (Phi) is 7.28. The van der Waals surface area contributed by atoms with Crippen molar-refractivity contribution in [3.8, 4) is 0 Å². The number of nitrogens with one attached hydrogen (secondary N) is 1. The number of halogens is 5. The zero-order chi connectivity index (χ0) is 26.0. The lowest BCUT2D eigenvalue weighted by Crippen LogP contribution is -2.55. The van der Waals surface area contributed by atoms with E-state index >= 15 is 0 Å². The molecule has 2 aromatic carbocycles. The number of likely N-dealkylation sites (tertiary alicyclic amines) is 1. The van der Waals surface area contributed by atoms with Crippen LogP contribution >= 0.6 is 0 Å². The van der Waals surface area contributed by atoms with Crippen molar-refractivity contribution in [3.63, 3.8) is 0 Å². The maximum absolute atomic E-state index is 14.7. The number of nitrogens with zero attached hydrogens (tertiary/aromatic N) is 1. The van der Waals surface area contributed by atoms with Gasteiger partial charge >= 0.3 is 6.18 Å². The summed E-state index contributed by atoms with van der Waals surface area (Å²) in [6.45, 7) is 1.91. The number of aryl methyl sites for hydroxylation is 1. The zero-order valence-electron chi connectivity index (χ0n) is 19.5. The summed E-state index contributed by atoms with van der Waals surface area (Å²) in [5, 5.41) is 2.32. The lowest BCUT2D eigenvalue weighted by atomic mass is 9.77. The third kappa shape index (κ3) is 5.20. The Morgan fingerprint density at radius 3 is 2.50 bits per heavy atom. The van der Waals surface area contributed by atoms with Crippen molar-refractivity contribution < 1.29 is 31.5 Å². The van der Waals surface area contributed by atoms with Crippen LogP contribution in [0.1, 0.15) is 40.7 Å². The molecule has 4 rings (SSSR count). The van der Waals surface area contributed by atoms with E-state index in [2.05, 4.69) is 5.32 Å². The molecule has 1 heterocycles. The monoisotopic (exact) mass is 504 g/mol. The number of allylic oxidation sites excluding steroid dienone is 3. The second kappa shape index (κ2) is 10.2. The van der Waals surface area contributed by atoms with E-state index in [9.17, 15) is 31.5 Å².